The minimum absolute atomic E-state index is 0.00990. The Balaban J connectivity index is 1.09. The van der Waals surface area contributed by atoms with Gasteiger partial charge in [-0.1, -0.05) is 42.5 Å². The molecule has 0 saturated heterocycles. The van der Waals surface area contributed by atoms with Gasteiger partial charge in [-0.25, -0.2) is 0 Å². The maximum absolute atomic E-state index is 12.2. The highest BCUT2D eigenvalue weighted by Crippen LogP contribution is 2.26. The molecule has 1 atom stereocenters. The maximum Gasteiger partial charge on any atom is 0.307 e. The highest BCUT2D eigenvalue weighted by Gasteiger charge is 2.17. The third-order valence-corrected chi connectivity index (χ3v) is 6.52. The minimum Gasteiger partial charge on any atom is -0.490 e. The lowest BCUT2D eigenvalue weighted by atomic mass is 10.3. The summed E-state index contributed by atoms with van der Waals surface area (Å²) in [6, 6.07) is 40.6. The number of rotatable bonds is 17. The summed E-state index contributed by atoms with van der Waals surface area (Å²) in [5, 5.41) is 0. The van der Waals surface area contributed by atoms with Crippen LogP contribution in [0.1, 0.15) is 6.42 Å². The molecule has 5 aromatic rings. The molecule has 0 heterocycles. The van der Waals surface area contributed by atoms with Gasteiger partial charge in [-0.05, 0) is 84.9 Å². The summed E-state index contributed by atoms with van der Waals surface area (Å²) in [5.74, 6) is 4.89. The van der Waals surface area contributed by atoms with Crippen molar-refractivity contribution in [2.45, 2.75) is 12.5 Å². The van der Waals surface area contributed by atoms with Crippen molar-refractivity contribution in [2.24, 2.45) is 0 Å². The molecule has 9 heteroatoms. The molecule has 46 heavy (non-hydrogen) atoms. The monoisotopic (exact) mass is 640 g/mol. The first-order valence-electron chi connectivity index (χ1n) is 14.7. The van der Waals surface area contributed by atoms with Gasteiger partial charge < -0.3 is 33.2 Å². The first kappa shape index (κ1) is 32.1. The summed E-state index contributed by atoms with van der Waals surface area (Å²) in [7, 11) is 0. The molecule has 0 aliphatic heterocycles. The van der Waals surface area contributed by atoms with Gasteiger partial charge in [-0.15, -0.1) is 11.6 Å². The van der Waals surface area contributed by atoms with E-state index < -0.39 is 12.1 Å². The van der Waals surface area contributed by atoms with E-state index in [1.807, 2.05) is 84.9 Å². The van der Waals surface area contributed by atoms with Crippen molar-refractivity contribution in [1.82, 2.24) is 0 Å². The van der Waals surface area contributed by atoms with Crippen molar-refractivity contribution < 1.29 is 38.0 Å². The van der Waals surface area contributed by atoms with Gasteiger partial charge in [0, 0.05) is 11.9 Å². The predicted octanol–water partition coefficient (Wildman–Crippen LogP) is 8.69. The standard InChI is InChI=1S/C37H33ClO8/c38-23-22-37(39)46-36(25-40-28-14-18-32(19-15-28)44-30-8-3-1-4-9-30)26-41-34-12-7-13-35(24-34)43-27-42-29-16-20-33(21-17-29)45-31-10-5-2-6-11-31/h1-21,24,36H,22-23,25-27H2. The van der Waals surface area contributed by atoms with Crippen molar-refractivity contribution in [3.8, 4) is 46.0 Å². The molecule has 0 fully saturated rings. The zero-order chi connectivity index (χ0) is 31.8. The Hall–Kier alpha value is -5.34. The number of esters is 1. The lowest BCUT2D eigenvalue weighted by Crippen LogP contribution is -2.31. The predicted molar refractivity (Wildman–Crippen MR) is 175 cm³/mol. The van der Waals surface area contributed by atoms with Gasteiger partial charge in [0.05, 0.1) is 6.42 Å². The van der Waals surface area contributed by atoms with Gasteiger partial charge in [-0.3, -0.25) is 4.79 Å². The van der Waals surface area contributed by atoms with Crippen molar-refractivity contribution in [2.75, 3.05) is 25.9 Å². The number of benzene rings is 5. The van der Waals surface area contributed by atoms with Gasteiger partial charge in [-0.2, -0.15) is 0 Å². The summed E-state index contributed by atoms with van der Waals surface area (Å²) >= 11 is 5.73. The van der Waals surface area contributed by atoms with E-state index in [1.165, 1.54) is 0 Å². The molecule has 0 aromatic heterocycles. The van der Waals surface area contributed by atoms with E-state index in [1.54, 1.807) is 48.5 Å². The zero-order valence-electron chi connectivity index (χ0n) is 25.0. The van der Waals surface area contributed by atoms with Crippen LogP contribution >= 0.6 is 11.6 Å². The molecule has 0 saturated carbocycles. The minimum atomic E-state index is -0.683. The number of hydrogen-bond donors (Lipinski definition) is 0. The molecule has 0 amide bonds. The number of alkyl halides is 1. The normalized spacial score (nSPS) is 11.2. The van der Waals surface area contributed by atoms with Crippen LogP contribution in [-0.4, -0.2) is 38.0 Å². The highest BCUT2D eigenvalue weighted by atomic mass is 35.5. The summed E-state index contributed by atoms with van der Waals surface area (Å²) in [6.45, 7) is 0.122. The summed E-state index contributed by atoms with van der Waals surface area (Å²) in [4.78, 5) is 12.2. The first-order chi connectivity index (χ1) is 22.6. The van der Waals surface area contributed by atoms with Crippen molar-refractivity contribution in [1.29, 1.82) is 0 Å². The molecular formula is C37H33ClO8. The molecule has 0 radical (unpaired) electrons. The van der Waals surface area contributed by atoms with E-state index >= 15 is 0 Å². The van der Waals surface area contributed by atoms with Crippen LogP contribution in [0, 0.1) is 0 Å². The van der Waals surface area contributed by atoms with Crippen molar-refractivity contribution >= 4 is 17.6 Å². The van der Waals surface area contributed by atoms with Crippen LogP contribution in [0.3, 0.4) is 0 Å². The summed E-state index contributed by atoms with van der Waals surface area (Å²) in [6.07, 6.45) is -0.604. The van der Waals surface area contributed by atoms with Crippen LogP contribution < -0.4 is 28.4 Å². The Morgan fingerprint density at radius 3 is 1.46 bits per heavy atom. The van der Waals surface area contributed by atoms with E-state index in [-0.39, 0.29) is 32.3 Å². The molecule has 0 bridgehead atoms. The lowest BCUT2D eigenvalue weighted by Gasteiger charge is -2.19. The number of carbonyl (C=O) groups excluding carboxylic acids is 1. The zero-order valence-corrected chi connectivity index (χ0v) is 25.7. The van der Waals surface area contributed by atoms with Crippen LogP contribution in [0.4, 0.5) is 0 Å². The van der Waals surface area contributed by atoms with E-state index in [9.17, 15) is 4.79 Å². The SMILES string of the molecule is O=C(CCCl)OC(COc1ccc(Oc2ccccc2)cc1)COc1cccc(OCOc2ccc(Oc3ccccc3)cc2)c1. The third kappa shape index (κ3) is 10.7. The van der Waals surface area contributed by atoms with Crippen LogP contribution in [0.15, 0.2) is 133 Å². The molecule has 0 spiro atoms. The molecule has 0 aliphatic carbocycles. The fourth-order valence-corrected chi connectivity index (χ4v) is 4.25. The van der Waals surface area contributed by atoms with Crippen LogP contribution in [0.5, 0.6) is 46.0 Å². The first-order valence-corrected chi connectivity index (χ1v) is 15.2. The summed E-state index contributed by atoms with van der Waals surface area (Å²) < 4.78 is 40.5. The Morgan fingerprint density at radius 1 is 0.500 bits per heavy atom. The number of ether oxygens (including phenoxy) is 7. The average molecular weight is 641 g/mol. The van der Waals surface area contributed by atoms with Gasteiger partial charge in [0.2, 0.25) is 6.79 Å². The van der Waals surface area contributed by atoms with Crippen molar-refractivity contribution in [3.05, 3.63) is 133 Å². The Bertz CT molecular complexity index is 1610. The Kier molecular flexibility index (Phi) is 12.0. The fraction of sp³-hybridized carbons (Fsp3) is 0.162. The molecule has 0 N–H and O–H groups in total. The maximum atomic E-state index is 12.2. The average Bonchev–Trinajstić information content (AvgIpc) is 3.09. The van der Waals surface area contributed by atoms with Gasteiger partial charge >= 0.3 is 5.97 Å². The second-order valence-corrected chi connectivity index (χ2v) is 10.2. The molecule has 236 valence electrons. The quantitative estimate of drug-likeness (QED) is 0.0567. The summed E-state index contributed by atoms with van der Waals surface area (Å²) in [5.41, 5.74) is 0. The number of halogens is 1. The van der Waals surface area contributed by atoms with Crippen LogP contribution in [0.25, 0.3) is 0 Å². The molecule has 8 nitrogen and oxygen atoms in total. The van der Waals surface area contributed by atoms with E-state index in [0.717, 1.165) is 11.5 Å². The third-order valence-electron chi connectivity index (χ3n) is 6.33. The molecule has 1 unspecified atom stereocenters. The molecular weight excluding hydrogens is 608 g/mol. The number of hydrogen-bond acceptors (Lipinski definition) is 8. The molecule has 0 aliphatic rings. The van der Waals surface area contributed by atoms with E-state index in [0.29, 0.717) is 34.5 Å². The largest absolute Gasteiger partial charge is 0.490 e. The highest BCUT2D eigenvalue weighted by molar-refractivity contribution is 6.18. The second-order valence-electron chi connectivity index (χ2n) is 9.83. The van der Waals surface area contributed by atoms with E-state index in [2.05, 4.69) is 0 Å². The van der Waals surface area contributed by atoms with Crippen LogP contribution in [-0.2, 0) is 9.53 Å². The van der Waals surface area contributed by atoms with E-state index in [4.69, 9.17) is 44.8 Å². The van der Waals surface area contributed by atoms with Gasteiger partial charge in [0.15, 0.2) is 6.10 Å². The molecule has 5 aromatic carbocycles. The fourth-order valence-electron chi connectivity index (χ4n) is 4.09. The number of carbonyl (C=O) groups is 1. The second kappa shape index (κ2) is 17.2. The van der Waals surface area contributed by atoms with Crippen molar-refractivity contribution in [3.63, 3.8) is 0 Å². The lowest BCUT2D eigenvalue weighted by molar-refractivity contribution is -0.151. The van der Waals surface area contributed by atoms with Crippen LogP contribution in [0.2, 0.25) is 0 Å². The number of para-hydroxylation sites is 2. The molecule has 5 rings (SSSR count). The Labute approximate surface area is 272 Å². The smallest absolute Gasteiger partial charge is 0.307 e. The van der Waals surface area contributed by atoms with Gasteiger partial charge in [0.25, 0.3) is 0 Å². The van der Waals surface area contributed by atoms with Gasteiger partial charge in [0.1, 0.15) is 59.2 Å². The Morgan fingerprint density at radius 2 is 0.913 bits per heavy atom. The topological polar surface area (TPSA) is 81.7 Å².